The number of hydrogen-bond acceptors (Lipinski definition) is 5. The van der Waals surface area contributed by atoms with Crippen molar-refractivity contribution in [3.63, 3.8) is 0 Å². The van der Waals surface area contributed by atoms with Gasteiger partial charge in [0.05, 0.1) is 11.7 Å². The third-order valence-corrected chi connectivity index (χ3v) is 4.74. The van der Waals surface area contributed by atoms with Crippen LogP contribution in [0.2, 0.25) is 0 Å². The van der Waals surface area contributed by atoms with Crippen LogP contribution in [-0.2, 0) is 11.2 Å². The average Bonchev–Trinajstić information content (AvgIpc) is 2.99. The number of hydrogen-bond donors (Lipinski definition) is 2. The summed E-state index contributed by atoms with van der Waals surface area (Å²) in [5.41, 5.74) is 5.78. The summed E-state index contributed by atoms with van der Waals surface area (Å²) in [6.45, 7) is 7.87. The number of aromatic amines is 1. The van der Waals surface area contributed by atoms with Crippen LogP contribution in [0.25, 0.3) is 11.4 Å². The fraction of sp³-hybridized carbons (Fsp3) is 0.350. The fourth-order valence-corrected chi connectivity index (χ4v) is 2.94. The molecular formula is C20H24N6O. The van der Waals surface area contributed by atoms with Crippen molar-refractivity contribution >= 4 is 5.91 Å². The second kappa shape index (κ2) is 8.07. The van der Waals surface area contributed by atoms with Gasteiger partial charge in [-0.25, -0.2) is 9.97 Å². The van der Waals surface area contributed by atoms with Gasteiger partial charge in [-0.1, -0.05) is 0 Å². The predicted octanol–water partition coefficient (Wildman–Crippen LogP) is 3.00. The van der Waals surface area contributed by atoms with Crippen LogP contribution in [0.3, 0.4) is 0 Å². The molecule has 27 heavy (non-hydrogen) atoms. The minimum Gasteiger partial charge on any atom is -0.349 e. The van der Waals surface area contributed by atoms with Crippen LogP contribution in [0.5, 0.6) is 0 Å². The highest BCUT2D eigenvalue weighted by Gasteiger charge is 2.15. The molecular weight excluding hydrogens is 340 g/mol. The Labute approximate surface area is 158 Å². The summed E-state index contributed by atoms with van der Waals surface area (Å²) in [5.74, 6) is 0.640. The molecule has 0 spiro atoms. The molecule has 1 unspecified atom stereocenters. The molecule has 0 aromatic carbocycles. The fourth-order valence-electron chi connectivity index (χ4n) is 2.94. The molecule has 1 amide bonds. The Kier molecular flexibility index (Phi) is 5.59. The van der Waals surface area contributed by atoms with E-state index >= 15 is 0 Å². The standard InChI is InChI=1S/C20H24N6O/c1-12-13(2)25-26-18(12)5-6-19(27)23-14(3)17-11-22-20(24-15(17)4)16-7-9-21-10-8-16/h7-11,14H,5-6H2,1-4H3,(H,23,27)(H,25,26). The van der Waals surface area contributed by atoms with Gasteiger partial charge in [0.15, 0.2) is 5.82 Å². The van der Waals surface area contributed by atoms with Crippen molar-refractivity contribution < 1.29 is 4.79 Å². The Bertz CT molecular complexity index is 935. The van der Waals surface area contributed by atoms with Gasteiger partial charge < -0.3 is 5.32 Å². The molecule has 0 saturated carbocycles. The number of rotatable bonds is 6. The zero-order valence-electron chi connectivity index (χ0n) is 16.1. The molecule has 0 saturated heterocycles. The SMILES string of the molecule is Cc1nc(-c2ccncc2)ncc1C(C)NC(=O)CCc1n[nH]c(C)c1C. The number of carbonyl (C=O) groups is 1. The van der Waals surface area contributed by atoms with Crippen LogP contribution in [0.15, 0.2) is 30.7 Å². The van der Waals surface area contributed by atoms with Crippen molar-refractivity contribution in [3.8, 4) is 11.4 Å². The average molecular weight is 364 g/mol. The largest absolute Gasteiger partial charge is 0.349 e. The van der Waals surface area contributed by atoms with Crippen molar-refractivity contribution in [1.29, 1.82) is 0 Å². The molecule has 0 fully saturated rings. The molecule has 0 aliphatic carbocycles. The van der Waals surface area contributed by atoms with Gasteiger partial charge in [0.1, 0.15) is 0 Å². The Morgan fingerprint density at radius 3 is 2.59 bits per heavy atom. The van der Waals surface area contributed by atoms with Gasteiger partial charge in [-0.2, -0.15) is 5.10 Å². The van der Waals surface area contributed by atoms with E-state index in [1.165, 1.54) is 0 Å². The number of pyridine rings is 1. The lowest BCUT2D eigenvalue weighted by molar-refractivity contribution is -0.121. The van der Waals surface area contributed by atoms with E-state index in [9.17, 15) is 4.79 Å². The maximum absolute atomic E-state index is 12.3. The summed E-state index contributed by atoms with van der Waals surface area (Å²) in [7, 11) is 0. The molecule has 0 bridgehead atoms. The maximum Gasteiger partial charge on any atom is 0.220 e. The third kappa shape index (κ3) is 4.36. The lowest BCUT2D eigenvalue weighted by Crippen LogP contribution is -2.27. The molecule has 7 nitrogen and oxygen atoms in total. The number of aryl methyl sites for hydroxylation is 3. The minimum atomic E-state index is -0.161. The second-order valence-electron chi connectivity index (χ2n) is 6.68. The van der Waals surface area contributed by atoms with E-state index in [1.54, 1.807) is 18.6 Å². The quantitative estimate of drug-likeness (QED) is 0.701. The second-order valence-corrected chi connectivity index (χ2v) is 6.68. The molecule has 3 heterocycles. The first-order valence-electron chi connectivity index (χ1n) is 8.99. The Hall–Kier alpha value is -3.09. The van der Waals surface area contributed by atoms with Gasteiger partial charge in [0, 0.05) is 53.9 Å². The number of carbonyl (C=O) groups excluding carboxylic acids is 1. The molecule has 3 aromatic rings. The van der Waals surface area contributed by atoms with E-state index in [1.807, 2.05) is 39.8 Å². The number of nitrogens with zero attached hydrogens (tertiary/aromatic N) is 4. The number of H-pyrrole nitrogens is 1. The lowest BCUT2D eigenvalue weighted by Gasteiger charge is -2.16. The van der Waals surface area contributed by atoms with Crippen LogP contribution >= 0.6 is 0 Å². The number of aromatic nitrogens is 5. The maximum atomic E-state index is 12.3. The van der Waals surface area contributed by atoms with Crippen LogP contribution in [-0.4, -0.2) is 31.1 Å². The normalized spacial score (nSPS) is 12.0. The summed E-state index contributed by atoms with van der Waals surface area (Å²) < 4.78 is 0. The molecule has 3 rings (SSSR count). The zero-order valence-corrected chi connectivity index (χ0v) is 16.1. The van der Waals surface area contributed by atoms with Crippen LogP contribution in [0.4, 0.5) is 0 Å². The van der Waals surface area contributed by atoms with Crippen molar-refractivity contribution in [3.05, 3.63) is 58.9 Å². The highest BCUT2D eigenvalue weighted by Crippen LogP contribution is 2.19. The first-order valence-corrected chi connectivity index (χ1v) is 8.99. The van der Waals surface area contributed by atoms with E-state index in [4.69, 9.17) is 0 Å². The van der Waals surface area contributed by atoms with E-state index in [0.717, 1.165) is 33.8 Å². The third-order valence-electron chi connectivity index (χ3n) is 4.74. The predicted molar refractivity (Wildman–Crippen MR) is 103 cm³/mol. The summed E-state index contributed by atoms with van der Waals surface area (Å²) in [6.07, 6.45) is 6.22. The molecule has 140 valence electrons. The number of amides is 1. The van der Waals surface area contributed by atoms with Gasteiger partial charge in [0.2, 0.25) is 5.91 Å². The molecule has 0 aliphatic rings. The first kappa shape index (κ1) is 18.7. The van der Waals surface area contributed by atoms with Gasteiger partial charge >= 0.3 is 0 Å². The summed E-state index contributed by atoms with van der Waals surface area (Å²) in [5, 5.41) is 10.2. The summed E-state index contributed by atoms with van der Waals surface area (Å²) in [6, 6.07) is 3.59. The van der Waals surface area contributed by atoms with Crippen LogP contribution < -0.4 is 5.32 Å². The van der Waals surface area contributed by atoms with Gasteiger partial charge in [-0.3, -0.25) is 14.9 Å². The van der Waals surface area contributed by atoms with Crippen molar-refractivity contribution in [2.24, 2.45) is 0 Å². The van der Waals surface area contributed by atoms with Gasteiger partial charge in [-0.05, 0) is 45.4 Å². The van der Waals surface area contributed by atoms with Gasteiger partial charge in [-0.15, -0.1) is 0 Å². The van der Waals surface area contributed by atoms with E-state index < -0.39 is 0 Å². The van der Waals surface area contributed by atoms with E-state index in [2.05, 4.69) is 30.5 Å². The molecule has 0 radical (unpaired) electrons. The monoisotopic (exact) mass is 364 g/mol. The molecule has 1 atom stereocenters. The Balaban J connectivity index is 1.62. The lowest BCUT2D eigenvalue weighted by atomic mass is 10.1. The van der Waals surface area contributed by atoms with Crippen molar-refractivity contribution in [1.82, 2.24) is 30.5 Å². The first-order chi connectivity index (χ1) is 13.0. The highest BCUT2D eigenvalue weighted by atomic mass is 16.1. The summed E-state index contributed by atoms with van der Waals surface area (Å²) in [4.78, 5) is 25.3. The topological polar surface area (TPSA) is 96.5 Å². The minimum absolute atomic E-state index is 0.0137. The number of nitrogens with one attached hydrogen (secondary N) is 2. The molecule has 2 N–H and O–H groups in total. The van der Waals surface area contributed by atoms with E-state index in [0.29, 0.717) is 18.7 Å². The molecule has 0 aliphatic heterocycles. The van der Waals surface area contributed by atoms with E-state index in [-0.39, 0.29) is 11.9 Å². The zero-order chi connectivity index (χ0) is 19.4. The highest BCUT2D eigenvalue weighted by molar-refractivity contribution is 5.76. The van der Waals surface area contributed by atoms with Crippen LogP contribution in [0.1, 0.15) is 47.6 Å². The Morgan fingerprint density at radius 2 is 1.96 bits per heavy atom. The van der Waals surface area contributed by atoms with Crippen LogP contribution in [0, 0.1) is 20.8 Å². The van der Waals surface area contributed by atoms with Gasteiger partial charge in [0.25, 0.3) is 0 Å². The van der Waals surface area contributed by atoms with Crippen molar-refractivity contribution in [2.45, 2.75) is 46.6 Å². The Morgan fingerprint density at radius 1 is 1.22 bits per heavy atom. The molecule has 7 heteroatoms. The summed E-state index contributed by atoms with van der Waals surface area (Å²) >= 11 is 0. The van der Waals surface area contributed by atoms with Crippen molar-refractivity contribution in [2.75, 3.05) is 0 Å². The molecule has 3 aromatic heterocycles. The smallest absolute Gasteiger partial charge is 0.220 e.